The van der Waals surface area contributed by atoms with Crippen LogP contribution in [-0.2, 0) is 0 Å². The lowest BCUT2D eigenvalue weighted by Gasteiger charge is -2.52. The maximum absolute atomic E-state index is 2.41. The first kappa shape index (κ1) is 113. The van der Waals surface area contributed by atoms with Crippen molar-refractivity contribution in [3.05, 3.63) is 0 Å². The van der Waals surface area contributed by atoms with E-state index in [1.54, 1.807) is 238 Å². The highest BCUT2D eigenvalue weighted by atomic mass is 14.6. The van der Waals surface area contributed by atoms with E-state index in [2.05, 4.69) is 208 Å². The zero-order valence-corrected chi connectivity index (χ0v) is 97.1. The number of fused-ring (bicyclic) bond motifs is 13. The molecule has 0 N–H and O–H groups in total. The Bertz CT molecular complexity index is 3150. The van der Waals surface area contributed by atoms with Gasteiger partial charge in [-0.05, 0) is 489 Å². The van der Waals surface area contributed by atoms with Gasteiger partial charge in [0.2, 0.25) is 0 Å². The van der Waals surface area contributed by atoms with E-state index in [1.165, 1.54) is 193 Å². The fraction of sp³-hybridized carbons (Fsp3) is 1.00. The molecule has 0 radical (unpaired) electrons. The van der Waals surface area contributed by atoms with Gasteiger partial charge in [0.05, 0.1) is 0 Å². The molecule has 0 aromatic rings. The van der Waals surface area contributed by atoms with Crippen LogP contribution in [-0.4, -0.2) is 0 Å². The summed E-state index contributed by atoms with van der Waals surface area (Å²) >= 11 is 0. The highest BCUT2D eigenvalue weighted by Gasteiger charge is 2.50. The third kappa shape index (κ3) is 39.7. The van der Waals surface area contributed by atoms with Crippen LogP contribution < -0.4 is 0 Å². The Labute approximate surface area is 838 Å². The second-order valence-corrected chi connectivity index (χ2v) is 67.3. The third-order valence-corrected chi connectivity index (χ3v) is 41.1. The average Bonchev–Trinajstić information content (AvgIpc) is 1.78. The van der Waals surface area contributed by atoms with Crippen molar-refractivity contribution in [3.63, 3.8) is 0 Å². The molecule has 133 heavy (non-hydrogen) atoms. The monoisotopic (exact) mass is 1840 g/mol. The maximum atomic E-state index is 2.41. The van der Waals surface area contributed by atoms with E-state index in [1.807, 2.05) is 0 Å². The Morgan fingerprint density at radius 3 is 0.767 bits per heavy atom. The molecule has 23 saturated carbocycles. The van der Waals surface area contributed by atoms with Gasteiger partial charge in [0.15, 0.2) is 0 Å². The second kappa shape index (κ2) is 48.1. The predicted octanol–water partition coefficient (Wildman–Crippen LogP) is 44.2. The van der Waals surface area contributed by atoms with Crippen LogP contribution in [0.4, 0.5) is 0 Å². The largest absolute Gasteiger partial charge is 0.0602 e. The Morgan fingerprint density at radius 1 is 0.150 bits per heavy atom. The van der Waals surface area contributed by atoms with Gasteiger partial charge in [0.25, 0.3) is 0 Å². The normalized spacial score (nSPS) is 35.8. The lowest BCUT2D eigenvalue weighted by atomic mass is 9.54. The maximum Gasteiger partial charge on any atom is -0.0292 e. The van der Waals surface area contributed by atoms with Crippen LogP contribution in [0.25, 0.3) is 0 Å². The topological polar surface area (TPSA) is 0 Å². The summed E-state index contributed by atoms with van der Waals surface area (Å²) < 4.78 is 0. The summed E-state index contributed by atoms with van der Waals surface area (Å²) in [6.45, 7) is 71.8. The van der Waals surface area contributed by atoms with Gasteiger partial charge in [-0.25, -0.2) is 0 Å². The Morgan fingerprint density at radius 2 is 0.414 bits per heavy atom. The van der Waals surface area contributed by atoms with Gasteiger partial charge in [0.1, 0.15) is 0 Å². The fourth-order valence-corrected chi connectivity index (χ4v) is 37.0. The van der Waals surface area contributed by atoms with E-state index < -0.39 is 0 Å². The van der Waals surface area contributed by atoms with E-state index in [9.17, 15) is 0 Å². The molecule has 13 atom stereocenters. The molecule has 4 spiro atoms. The molecule has 0 heteroatoms. The first-order valence-electron chi connectivity index (χ1n) is 61.7. The molecule has 778 valence electrons. The van der Waals surface area contributed by atoms with Crippen LogP contribution in [0.2, 0.25) is 0 Å². The molecule has 23 aliphatic rings. The highest BCUT2D eigenvalue weighted by Crippen LogP contribution is 2.62. The summed E-state index contributed by atoms with van der Waals surface area (Å²) in [5.41, 5.74) is 8.86. The van der Waals surface area contributed by atoms with Crippen LogP contribution in [0, 0.1) is 206 Å². The van der Waals surface area contributed by atoms with Crippen molar-refractivity contribution < 1.29 is 0 Å². The van der Waals surface area contributed by atoms with Gasteiger partial charge in [0, 0.05) is 0 Å². The van der Waals surface area contributed by atoms with Crippen LogP contribution in [0.3, 0.4) is 0 Å². The molecule has 12 bridgehead atoms. The van der Waals surface area contributed by atoms with Gasteiger partial charge >= 0.3 is 0 Å². The number of hydrogen-bond donors (Lipinski definition) is 0. The van der Waals surface area contributed by atoms with Crippen molar-refractivity contribution in [2.45, 2.75) is 638 Å². The summed E-state index contributed by atoms with van der Waals surface area (Å²) in [5, 5.41) is 0. The van der Waals surface area contributed by atoms with Crippen LogP contribution in [0.1, 0.15) is 638 Å². The molecule has 0 aromatic carbocycles. The summed E-state index contributed by atoms with van der Waals surface area (Å²) in [6, 6.07) is 0. The molecule has 0 heterocycles. The molecule has 0 aromatic heterocycles. The fourth-order valence-electron chi connectivity index (χ4n) is 37.0. The van der Waals surface area contributed by atoms with Crippen molar-refractivity contribution >= 4 is 0 Å². The van der Waals surface area contributed by atoms with Crippen molar-refractivity contribution in [1.29, 1.82) is 0 Å². The molecule has 0 nitrogen and oxygen atoms in total. The lowest BCUT2D eigenvalue weighted by Crippen LogP contribution is -2.42. The minimum Gasteiger partial charge on any atom is -0.0602 e. The average molecular weight is 1850 g/mol. The van der Waals surface area contributed by atoms with Crippen molar-refractivity contribution in [1.82, 2.24) is 0 Å². The minimum absolute atomic E-state index is 0.543. The van der Waals surface area contributed by atoms with E-state index >= 15 is 0 Å². The van der Waals surface area contributed by atoms with Crippen molar-refractivity contribution in [3.8, 4) is 0 Å². The van der Waals surface area contributed by atoms with E-state index in [0.717, 1.165) is 152 Å². The van der Waals surface area contributed by atoms with E-state index in [-0.39, 0.29) is 0 Å². The predicted molar refractivity (Wildman–Crippen MR) is 590 cm³/mol. The third-order valence-electron chi connectivity index (χ3n) is 41.1. The SMILES string of the molecule is CC(C)(C)CC1C2CCCC1C2.CC(C)(C)CC1C2CCCC1CC2.CC(C)(C)CC1CC2(CCCCC2)C1.CC(C)(C)CC1CC2CC(C2)C1.CC(C)(C)CC1CC2CCC(C2)C1.CC(C)(C)CC1CC2CCC1C2.CC(C)(C)CC1CC2CCC1CC2.CC(C)(C)CC1CCC2(CCCC2)C1.CC(C)(C)CC1CCC2(CCCCC2)C1.CC(C)(C)CC1CCCC2(CCCC2)C1. The smallest absolute Gasteiger partial charge is 0.0292 e. The van der Waals surface area contributed by atoms with Crippen molar-refractivity contribution in [2.24, 2.45) is 206 Å². The van der Waals surface area contributed by atoms with E-state index in [0.29, 0.717) is 54.1 Å². The molecule has 23 rings (SSSR count). The van der Waals surface area contributed by atoms with Crippen LogP contribution in [0.5, 0.6) is 0 Å². The first-order chi connectivity index (χ1) is 61.7. The second-order valence-electron chi connectivity index (χ2n) is 67.3. The zero-order chi connectivity index (χ0) is 97.1. The highest BCUT2D eigenvalue weighted by molar-refractivity contribution is 5.02. The van der Waals surface area contributed by atoms with Gasteiger partial charge in [-0.15, -0.1) is 0 Å². The van der Waals surface area contributed by atoms with E-state index in [4.69, 9.17) is 0 Å². The summed E-state index contributed by atoms with van der Waals surface area (Å²) in [5.74, 6) is 24.1. The van der Waals surface area contributed by atoms with Gasteiger partial charge in [-0.3, -0.25) is 0 Å². The quantitative estimate of drug-likeness (QED) is 0.205. The number of rotatable bonds is 10. The molecule has 13 unspecified atom stereocenters. The molecular formula is C133H246. The molecule has 0 aliphatic heterocycles. The molecule has 0 saturated heterocycles. The minimum atomic E-state index is 0.543. The molecule has 23 aliphatic carbocycles. The first-order valence-corrected chi connectivity index (χ1v) is 61.7. The standard InChI is InChI=1S/2C15H28.2C14H26.3C13H24.3C12H22/c1-14(2,3)11-13-7-6-10-15(12-13)8-4-5-9-15;1-14(2,3)11-13-7-10-15(12-13)8-5-4-6-9-15;1-13(2,3)10-12-6-9-14(11-12)7-4-5-8-14;1-13(2,3)9-12-10-14(11-12)7-5-4-6-8-14;1-13(2,3)9-12-8-10-4-6-11(12)7-5-10;1-13(2,3)9-12-7-10-4-5-11(6-10)8-12;1-13(2,3)9-12-10-5-4-6-11(12)8-7-10;1-12(2,3)8-11-6-9-4-10(5-9)7-11;1-12(2,3)8-11-7-9-4-5-10(11)6-9;1-12(2,3)8-11-9-5-4-6-10(11)7-9/h2*13H,4-12H2,1-3H3;2*12H,4-11H2,1-3H3;3*10-12H,4-9H2,1-3H3;3*9-11H,4-8H2,1-3H3. The van der Waals surface area contributed by atoms with Crippen LogP contribution in [0.15, 0.2) is 0 Å². The summed E-state index contributed by atoms with van der Waals surface area (Å²) in [7, 11) is 0. The van der Waals surface area contributed by atoms with Gasteiger partial charge < -0.3 is 0 Å². The van der Waals surface area contributed by atoms with Crippen LogP contribution >= 0.6 is 0 Å². The zero-order valence-electron chi connectivity index (χ0n) is 97.1. The summed E-state index contributed by atoms with van der Waals surface area (Å²) in [4.78, 5) is 0. The molecule has 23 fully saturated rings. The molecule has 0 amide bonds. The van der Waals surface area contributed by atoms with Gasteiger partial charge in [-0.2, -0.15) is 0 Å². The number of hydrogen-bond acceptors (Lipinski definition) is 0. The van der Waals surface area contributed by atoms with Crippen molar-refractivity contribution in [2.75, 3.05) is 0 Å². The molecular weight excluding hydrogens is 1600 g/mol. The summed E-state index contributed by atoms with van der Waals surface area (Å²) in [6.07, 6.45) is 103. The van der Waals surface area contributed by atoms with Gasteiger partial charge in [-0.1, -0.05) is 355 Å². The Balaban J connectivity index is 0.000000142. The Hall–Kier alpha value is 0. The Kier molecular flexibility index (Phi) is 41.0. The lowest BCUT2D eigenvalue weighted by molar-refractivity contribution is -0.0126.